The molecule has 1 aliphatic carbocycles. The lowest BCUT2D eigenvalue weighted by Gasteiger charge is -2.50. The van der Waals surface area contributed by atoms with E-state index in [1.54, 1.807) is 37.8 Å². The number of aliphatic hydroxyl groups is 5. The van der Waals surface area contributed by atoms with Crippen LogP contribution in [0.25, 0.3) is 6.08 Å². The van der Waals surface area contributed by atoms with Crippen molar-refractivity contribution in [1.29, 1.82) is 0 Å². The molecule has 2 unspecified atom stereocenters. The fraction of sp³-hybridized carbons (Fsp3) is 0.760. The number of esters is 2. The maximum absolute atomic E-state index is 15.6. The molecular weight excluding hydrogens is 899 g/mol. The van der Waals surface area contributed by atoms with Crippen LogP contribution in [0.2, 0.25) is 0 Å². The van der Waals surface area contributed by atoms with Gasteiger partial charge in [0.15, 0.2) is 18.1 Å². The number of unbranched alkanes of at least 4 members (excludes halogenated alkanes) is 4. The number of nitrogens with one attached hydrogen (secondary N) is 1. The number of amides is 2. The summed E-state index contributed by atoms with van der Waals surface area (Å²) in [6.07, 6.45) is 1.39. The number of aliphatic hydroxyl groups excluding tert-OH is 5. The number of hydroxylamine groups is 2. The zero-order valence-electron chi connectivity index (χ0n) is 40.7. The SMILES string of the molecule is CCCCCC1(CCCCC)O[C@@H]2[C@H]3ON(Cc4ccc(C=CCO[C@H]5O[C@H](CO)[C@H](O)[C@H](O)[C@H]5O)cc4)[C@H]4C(=O)OC(CC34C(=O)N3CCC[C@@H]3C(=O)N[C@H](CO)CCC(=O)OC(C)(C)C)[C@@H]2O1. The van der Waals surface area contributed by atoms with E-state index in [4.69, 9.17) is 33.3 Å². The molecule has 13 atom stereocenters. The summed E-state index contributed by atoms with van der Waals surface area (Å²) in [6, 6.07) is 4.57. The highest BCUT2D eigenvalue weighted by Crippen LogP contribution is 2.59. The minimum absolute atomic E-state index is 0.0174. The molecule has 7 rings (SSSR count). The molecule has 5 heterocycles. The van der Waals surface area contributed by atoms with Crippen molar-refractivity contribution in [2.45, 2.75) is 209 Å². The Balaban J connectivity index is 1.11. The van der Waals surface area contributed by atoms with Crippen molar-refractivity contribution in [2.24, 2.45) is 5.41 Å². The number of fused-ring (bicyclic) bond motifs is 4. The lowest BCUT2D eigenvalue weighted by molar-refractivity contribution is -0.298. The van der Waals surface area contributed by atoms with Gasteiger partial charge in [0.1, 0.15) is 65.9 Å². The van der Waals surface area contributed by atoms with Crippen molar-refractivity contribution in [2.75, 3.05) is 26.4 Å². The van der Waals surface area contributed by atoms with Crippen LogP contribution in [0.4, 0.5) is 0 Å². The van der Waals surface area contributed by atoms with Crippen molar-refractivity contribution < 1.29 is 78.0 Å². The van der Waals surface area contributed by atoms with Gasteiger partial charge in [0.05, 0.1) is 32.4 Å². The zero-order chi connectivity index (χ0) is 49.7. The minimum Gasteiger partial charge on any atom is -0.460 e. The van der Waals surface area contributed by atoms with Gasteiger partial charge in [-0.25, -0.2) is 0 Å². The first-order valence-corrected chi connectivity index (χ1v) is 25.1. The average molecular weight is 974 g/mol. The van der Waals surface area contributed by atoms with E-state index < -0.39 is 127 Å². The van der Waals surface area contributed by atoms with E-state index in [0.29, 0.717) is 25.7 Å². The highest BCUT2D eigenvalue weighted by atomic mass is 16.8. The van der Waals surface area contributed by atoms with E-state index in [9.17, 15) is 39.9 Å². The summed E-state index contributed by atoms with van der Waals surface area (Å²) in [5.41, 5.74) is -0.650. The number of rotatable bonds is 22. The maximum Gasteiger partial charge on any atom is 0.327 e. The first-order valence-electron chi connectivity index (χ1n) is 25.1. The fourth-order valence-corrected chi connectivity index (χ4v) is 10.9. The summed E-state index contributed by atoms with van der Waals surface area (Å²) in [5.74, 6) is -2.91. The zero-order valence-corrected chi connectivity index (χ0v) is 40.7. The monoisotopic (exact) mass is 974 g/mol. The number of hydrogen-bond donors (Lipinski definition) is 6. The van der Waals surface area contributed by atoms with E-state index in [0.717, 1.165) is 49.7 Å². The van der Waals surface area contributed by atoms with Gasteiger partial charge in [-0.1, -0.05) is 75.9 Å². The number of hydrogen-bond acceptors (Lipinski definition) is 17. The average Bonchev–Trinajstić information content (AvgIpc) is 4.05. The fourth-order valence-electron chi connectivity index (χ4n) is 10.9. The van der Waals surface area contributed by atoms with E-state index >= 15 is 4.79 Å². The van der Waals surface area contributed by atoms with Crippen molar-refractivity contribution in [3.05, 3.63) is 41.5 Å². The molecule has 1 aromatic carbocycles. The summed E-state index contributed by atoms with van der Waals surface area (Å²) in [6.45, 7) is 8.90. The number of likely N-dealkylation sites (tertiary alicyclic amines) is 1. The van der Waals surface area contributed by atoms with Gasteiger partial charge in [0.25, 0.3) is 0 Å². The molecule has 1 aromatic rings. The first kappa shape index (κ1) is 53.2. The van der Waals surface area contributed by atoms with Crippen LogP contribution in [-0.2, 0) is 59.0 Å². The molecule has 0 spiro atoms. The van der Waals surface area contributed by atoms with Crippen molar-refractivity contribution in [3.8, 4) is 0 Å². The van der Waals surface area contributed by atoms with Gasteiger partial charge in [-0.05, 0) is 64.0 Å². The molecule has 386 valence electrons. The molecule has 6 N–H and O–H groups in total. The molecule has 5 saturated heterocycles. The van der Waals surface area contributed by atoms with Crippen LogP contribution in [0.5, 0.6) is 0 Å². The Morgan fingerprint density at radius 3 is 2.30 bits per heavy atom. The molecule has 0 radical (unpaired) electrons. The standard InChI is InChI=1S/C50H75N3O16/c1-6-8-10-22-49(23-11-9-7-2)67-40-34-26-50(47(62)52-24-12-15-33(52)44(60)51-32(28-54)20-21-36(56)66-48(3,4)5)42(45(61)64-34)53(69-43(50)41(40)68-49)27-31-18-16-30(17-19-31)14-13-25-63-46-39(59)38(58)37(57)35(29-55)65-46/h13-14,16-19,32-35,37-43,46,54-55,57-59H,6-12,15,20-29H2,1-5H3,(H,51,60)/t32-,33+,34?,35+,37-,38-,39+,40-,41-,42-,43+,46-,50?/m0/s1. The second kappa shape index (κ2) is 22.9. The molecule has 19 nitrogen and oxygen atoms in total. The predicted octanol–water partition coefficient (Wildman–Crippen LogP) is 2.55. The molecule has 1 saturated carbocycles. The van der Waals surface area contributed by atoms with Crippen molar-refractivity contribution in [3.63, 3.8) is 0 Å². The predicted molar refractivity (Wildman–Crippen MR) is 246 cm³/mol. The van der Waals surface area contributed by atoms with Gasteiger partial charge in [-0.15, -0.1) is 0 Å². The van der Waals surface area contributed by atoms with Gasteiger partial charge in [0, 0.05) is 32.2 Å². The summed E-state index contributed by atoms with van der Waals surface area (Å²) in [4.78, 5) is 65.2. The normalized spacial score (nSPS) is 33.3. The molecule has 2 amide bonds. The van der Waals surface area contributed by atoms with E-state index in [-0.39, 0.29) is 39.0 Å². The number of nitrogens with zero attached hydrogens (tertiary/aromatic N) is 2. The van der Waals surface area contributed by atoms with Gasteiger partial charge >= 0.3 is 11.9 Å². The topological polar surface area (TPSA) is 253 Å². The van der Waals surface area contributed by atoms with E-state index in [1.807, 2.05) is 24.3 Å². The van der Waals surface area contributed by atoms with Crippen LogP contribution in [-0.4, -0.2) is 170 Å². The van der Waals surface area contributed by atoms with Crippen LogP contribution >= 0.6 is 0 Å². The molecule has 0 aromatic heterocycles. The highest BCUT2D eigenvalue weighted by Gasteiger charge is 2.77. The lowest BCUT2D eigenvalue weighted by atomic mass is 9.62. The third-order valence-electron chi connectivity index (χ3n) is 14.3. The van der Waals surface area contributed by atoms with Crippen molar-refractivity contribution in [1.82, 2.24) is 15.3 Å². The van der Waals surface area contributed by atoms with Crippen LogP contribution in [0, 0.1) is 5.41 Å². The first-order chi connectivity index (χ1) is 33.0. The summed E-state index contributed by atoms with van der Waals surface area (Å²) in [7, 11) is 0. The molecule has 6 fully saturated rings. The van der Waals surface area contributed by atoms with Crippen LogP contribution in [0.1, 0.15) is 129 Å². The second-order valence-electron chi connectivity index (χ2n) is 20.6. The quantitative estimate of drug-likeness (QED) is 0.0722. The van der Waals surface area contributed by atoms with Crippen LogP contribution in [0.3, 0.4) is 0 Å². The molecule has 19 heteroatoms. The Morgan fingerprint density at radius 2 is 1.65 bits per heavy atom. The summed E-state index contributed by atoms with van der Waals surface area (Å²) in [5, 5.41) is 54.6. The van der Waals surface area contributed by atoms with Crippen LogP contribution < -0.4 is 5.32 Å². The highest BCUT2D eigenvalue weighted by molar-refractivity contribution is 5.96. The number of carbonyl (C=O) groups is 4. The van der Waals surface area contributed by atoms with Gasteiger partial charge in [-0.3, -0.25) is 24.0 Å². The Labute approximate surface area is 404 Å². The van der Waals surface area contributed by atoms with Gasteiger partial charge in [0.2, 0.25) is 11.8 Å². The van der Waals surface area contributed by atoms with Gasteiger partial charge < -0.3 is 64.2 Å². The van der Waals surface area contributed by atoms with E-state index in [1.165, 1.54) is 5.06 Å². The molecule has 69 heavy (non-hydrogen) atoms. The Hall–Kier alpha value is -3.60. The molecule has 5 aliphatic heterocycles. The van der Waals surface area contributed by atoms with Gasteiger partial charge in [-0.2, -0.15) is 5.06 Å². The molecular formula is C50H75N3O16. The minimum atomic E-state index is -1.55. The summed E-state index contributed by atoms with van der Waals surface area (Å²) < 4.78 is 36.7. The Morgan fingerprint density at radius 1 is 0.957 bits per heavy atom. The lowest BCUT2D eigenvalue weighted by Crippen LogP contribution is -2.70. The number of benzene rings is 1. The summed E-state index contributed by atoms with van der Waals surface area (Å²) >= 11 is 0. The van der Waals surface area contributed by atoms with E-state index in [2.05, 4.69) is 19.2 Å². The van der Waals surface area contributed by atoms with Crippen molar-refractivity contribution >= 4 is 29.8 Å². The largest absolute Gasteiger partial charge is 0.460 e. The Kier molecular flexibility index (Phi) is 17.6. The number of carbonyl (C=O) groups excluding carboxylic acids is 4. The molecule has 2 bridgehead atoms. The Bertz CT molecular complexity index is 1930. The third-order valence-corrected chi connectivity index (χ3v) is 14.3. The number of ether oxygens (including phenoxy) is 6. The molecule has 6 aliphatic rings. The van der Waals surface area contributed by atoms with Crippen LogP contribution in [0.15, 0.2) is 30.3 Å². The third kappa shape index (κ3) is 11.7. The smallest absolute Gasteiger partial charge is 0.327 e. The second-order valence-corrected chi connectivity index (χ2v) is 20.6. The maximum atomic E-state index is 15.6.